The zero-order valence-electron chi connectivity index (χ0n) is 65.6. The number of hydrogen-bond acceptors (Lipinski definition) is 14. The minimum Gasteiger partial charge on any atom is -0.462 e. The summed E-state index contributed by atoms with van der Waals surface area (Å²) in [5, 5.41) is 17.1. The van der Waals surface area contributed by atoms with Gasteiger partial charge in [0.1, 0.15) is 48.7 Å². The summed E-state index contributed by atoms with van der Waals surface area (Å²) in [6.45, 7) is 12.3. The van der Waals surface area contributed by atoms with Crippen LogP contribution in [-0.4, -0.2) is 119 Å². The molecule has 0 saturated carbocycles. The Balaban J connectivity index is 3.73. The SMILES string of the molecule is CCCCCCCCCCC[C@H](CC(=O)CCCO[C@@H]1OC(CO)[C@@H](OCP(=O)(O)O)[C@H](NC(=O)C[C@@H](CCCCCCCCCCC)OC(=O)CCCCCCCCC)C1NC(=O)C[C@@H](CCCCCCCCCCC)OC(=O)CCCCCCCCC)OC(=O)CCCCCCCCC. The number of esters is 3. The zero-order valence-corrected chi connectivity index (χ0v) is 66.4. The Labute approximate surface area is 616 Å². The van der Waals surface area contributed by atoms with Crippen molar-refractivity contribution in [2.24, 2.45) is 0 Å². The standard InChI is InChI=1S/C82H155N2O16P/c1-7-13-19-25-31-34-40-43-49-57-70(97-76(89)60-52-46-37-28-22-16-10-4)64-69(86)56-55-63-95-82-80(84-75(88)66-72(59-51-45-42-36-33-27-21-15-9-3)99-78(91)62-54-48-39-30-24-18-12-6)79(81(73(67-85)100-82)96-68-101(92,93)94)83-74(87)65-71(58-50-44-41-35-32-26-20-14-8-2)98-77(90)61-53-47-38-29-23-17-11-5/h70-73,79-82,85H,7-68H2,1-6H3,(H,83,87)(H,84,88)(H2,92,93,94)/t70-,71-,72-,73?,79-,80?,81-,82-/m1/s1. The van der Waals surface area contributed by atoms with Gasteiger partial charge < -0.3 is 53.9 Å². The predicted molar refractivity (Wildman–Crippen MR) is 408 cm³/mol. The van der Waals surface area contributed by atoms with E-state index in [-0.39, 0.29) is 69.3 Å². The van der Waals surface area contributed by atoms with Crippen molar-refractivity contribution in [3.63, 3.8) is 0 Å². The quantitative estimate of drug-likeness (QED) is 0.0164. The molecule has 0 aromatic carbocycles. The molecule has 19 heteroatoms. The van der Waals surface area contributed by atoms with Gasteiger partial charge in [-0.2, -0.15) is 0 Å². The van der Waals surface area contributed by atoms with Gasteiger partial charge in [-0.1, -0.05) is 311 Å². The van der Waals surface area contributed by atoms with E-state index in [1.807, 2.05) is 0 Å². The monoisotopic (exact) mass is 1460 g/mol. The first-order valence-electron chi connectivity index (χ1n) is 42.3. The molecule has 1 fully saturated rings. The van der Waals surface area contributed by atoms with Gasteiger partial charge >= 0.3 is 25.5 Å². The maximum absolute atomic E-state index is 14.8. The van der Waals surface area contributed by atoms with E-state index < -0.39 is 87.2 Å². The summed E-state index contributed by atoms with van der Waals surface area (Å²) in [6.07, 6.45) is 45.7. The number of carbonyl (C=O) groups excluding carboxylic acids is 6. The smallest absolute Gasteiger partial charge is 0.350 e. The summed E-state index contributed by atoms with van der Waals surface area (Å²) in [5.41, 5.74) is 0. The Hall–Kier alpha value is -2.99. The van der Waals surface area contributed by atoms with Crippen LogP contribution in [0.3, 0.4) is 0 Å². The average molecular weight is 1460 g/mol. The number of amides is 2. The summed E-state index contributed by atoms with van der Waals surface area (Å²) in [7, 11) is -4.89. The molecule has 2 unspecified atom stereocenters. The molecule has 0 bridgehead atoms. The van der Waals surface area contributed by atoms with Gasteiger partial charge in [-0.25, -0.2) is 0 Å². The molecule has 0 radical (unpaired) electrons. The van der Waals surface area contributed by atoms with Crippen molar-refractivity contribution in [2.45, 2.75) is 469 Å². The van der Waals surface area contributed by atoms with Gasteiger partial charge in [0.25, 0.3) is 0 Å². The number of unbranched alkanes of at least 4 members (excludes halogenated alkanes) is 42. The molecule has 101 heavy (non-hydrogen) atoms. The molecular formula is C82H155N2O16P. The first-order valence-corrected chi connectivity index (χ1v) is 44.1. The fourth-order valence-corrected chi connectivity index (χ4v) is 14.1. The van der Waals surface area contributed by atoms with E-state index in [0.29, 0.717) is 44.9 Å². The van der Waals surface area contributed by atoms with Crippen molar-refractivity contribution >= 4 is 43.1 Å². The maximum Gasteiger partial charge on any atom is 0.350 e. The molecule has 0 spiro atoms. The van der Waals surface area contributed by atoms with Crippen molar-refractivity contribution in [3.8, 4) is 0 Å². The third kappa shape index (κ3) is 56.9. The first kappa shape index (κ1) is 96.0. The largest absolute Gasteiger partial charge is 0.462 e. The molecule has 1 aliphatic rings. The lowest BCUT2D eigenvalue weighted by Crippen LogP contribution is -2.70. The lowest BCUT2D eigenvalue weighted by Gasteiger charge is -2.46. The fraction of sp³-hybridized carbons (Fsp3) is 0.927. The molecule has 0 aromatic heterocycles. The lowest BCUT2D eigenvalue weighted by atomic mass is 9.92. The number of carbonyl (C=O) groups is 6. The Bertz CT molecular complexity index is 2050. The second kappa shape index (κ2) is 67.6. The lowest BCUT2D eigenvalue weighted by molar-refractivity contribution is -0.255. The van der Waals surface area contributed by atoms with Gasteiger partial charge in [-0.15, -0.1) is 0 Å². The number of aliphatic hydroxyl groups excluding tert-OH is 1. The second-order valence-corrected chi connectivity index (χ2v) is 31.4. The molecule has 1 saturated heterocycles. The second-order valence-electron chi connectivity index (χ2n) is 29.8. The van der Waals surface area contributed by atoms with Gasteiger partial charge in [0.05, 0.1) is 32.1 Å². The van der Waals surface area contributed by atoms with E-state index in [9.17, 15) is 48.2 Å². The van der Waals surface area contributed by atoms with Crippen molar-refractivity contribution < 1.29 is 76.6 Å². The van der Waals surface area contributed by atoms with Crippen LogP contribution < -0.4 is 10.6 Å². The molecule has 1 heterocycles. The van der Waals surface area contributed by atoms with E-state index in [2.05, 4.69) is 52.2 Å². The molecule has 18 nitrogen and oxygen atoms in total. The number of nitrogens with one attached hydrogen (secondary N) is 2. The minimum atomic E-state index is -4.89. The highest BCUT2D eigenvalue weighted by Crippen LogP contribution is 2.37. The summed E-state index contributed by atoms with van der Waals surface area (Å²) in [5.74, 6) is -2.36. The number of hydrogen-bond donors (Lipinski definition) is 5. The minimum absolute atomic E-state index is 0.0516. The maximum atomic E-state index is 14.8. The number of Topliss-reactive ketones (excluding diaryl/α,β-unsaturated/α-hetero) is 1. The summed E-state index contributed by atoms with van der Waals surface area (Å²) < 4.78 is 49.8. The normalized spacial score (nSPS) is 17.1. The van der Waals surface area contributed by atoms with Gasteiger partial charge in [0.2, 0.25) is 11.8 Å². The fourth-order valence-electron chi connectivity index (χ4n) is 13.8. The van der Waals surface area contributed by atoms with E-state index in [4.69, 9.17) is 28.4 Å². The number of aliphatic hydroxyl groups is 1. The van der Waals surface area contributed by atoms with Gasteiger partial charge in [0.15, 0.2) is 6.29 Å². The topological polar surface area (TPSA) is 260 Å². The van der Waals surface area contributed by atoms with Crippen molar-refractivity contribution in [2.75, 3.05) is 19.6 Å². The molecule has 8 atom stereocenters. The molecule has 1 rings (SSSR count). The third-order valence-electron chi connectivity index (χ3n) is 19.9. The highest BCUT2D eigenvalue weighted by Gasteiger charge is 2.49. The third-order valence-corrected chi connectivity index (χ3v) is 20.4. The number of ketones is 1. The zero-order chi connectivity index (χ0) is 74.1. The number of rotatable bonds is 74. The van der Waals surface area contributed by atoms with Crippen LogP contribution in [0, 0.1) is 0 Å². The van der Waals surface area contributed by atoms with E-state index in [0.717, 1.165) is 173 Å². The Morgan fingerprint density at radius 2 is 0.653 bits per heavy atom. The van der Waals surface area contributed by atoms with Crippen molar-refractivity contribution in [3.05, 3.63) is 0 Å². The highest BCUT2D eigenvalue weighted by atomic mass is 31.2. The van der Waals surface area contributed by atoms with Crippen molar-refractivity contribution in [1.82, 2.24) is 10.6 Å². The van der Waals surface area contributed by atoms with E-state index in [1.165, 1.54) is 116 Å². The van der Waals surface area contributed by atoms with Crippen LogP contribution >= 0.6 is 7.60 Å². The number of ether oxygens (including phenoxy) is 6. The molecule has 2 amide bonds. The molecular weight excluding hydrogens is 1300 g/mol. The van der Waals surface area contributed by atoms with Crippen LogP contribution in [-0.2, 0) is 61.8 Å². The van der Waals surface area contributed by atoms with Crippen molar-refractivity contribution in [1.29, 1.82) is 0 Å². The van der Waals surface area contributed by atoms with Crippen LogP contribution in [0.1, 0.15) is 420 Å². The average Bonchev–Trinajstić information content (AvgIpc) is 0.786. The van der Waals surface area contributed by atoms with Gasteiger partial charge in [-0.3, -0.25) is 33.3 Å². The van der Waals surface area contributed by atoms with Crippen LogP contribution in [0.25, 0.3) is 0 Å². The Morgan fingerprint density at radius 3 is 0.960 bits per heavy atom. The Morgan fingerprint density at radius 1 is 0.366 bits per heavy atom. The summed E-state index contributed by atoms with van der Waals surface area (Å²) in [6, 6.07) is -2.70. The first-order chi connectivity index (χ1) is 49.0. The molecule has 594 valence electrons. The predicted octanol–water partition coefficient (Wildman–Crippen LogP) is 20.7. The van der Waals surface area contributed by atoms with Crippen LogP contribution in [0.4, 0.5) is 0 Å². The molecule has 1 aliphatic heterocycles. The molecule has 0 aliphatic carbocycles. The van der Waals surface area contributed by atoms with Gasteiger partial charge in [0, 0.05) is 32.1 Å². The Kier molecular flexibility index (Phi) is 64.3. The van der Waals surface area contributed by atoms with Crippen LogP contribution in [0.5, 0.6) is 0 Å². The summed E-state index contributed by atoms with van der Waals surface area (Å²) in [4.78, 5) is 105. The van der Waals surface area contributed by atoms with Crippen LogP contribution in [0.15, 0.2) is 0 Å². The summed E-state index contributed by atoms with van der Waals surface area (Å²) >= 11 is 0. The molecule has 5 N–H and O–H groups in total. The van der Waals surface area contributed by atoms with Crippen LogP contribution in [0.2, 0.25) is 0 Å². The molecule has 0 aromatic rings. The highest BCUT2D eigenvalue weighted by molar-refractivity contribution is 7.51. The van der Waals surface area contributed by atoms with Gasteiger partial charge in [-0.05, 0) is 64.2 Å². The van der Waals surface area contributed by atoms with E-state index in [1.54, 1.807) is 0 Å². The van der Waals surface area contributed by atoms with E-state index >= 15 is 0 Å².